The Morgan fingerprint density at radius 2 is 1.76 bits per heavy atom. The van der Waals surface area contributed by atoms with Crippen molar-refractivity contribution in [2.75, 3.05) is 37.7 Å². The third kappa shape index (κ3) is 3.99. The minimum absolute atomic E-state index is 0.717. The molecule has 0 saturated carbocycles. The largest absolute Gasteiger partial charge is 0.493 e. The van der Waals surface area contributed by atoms with Crippen molar-refractivity contribution in [3.8, 4) is 5.75 Å². The van der Waals surface area contributed by atoms with Gasteiger partial charge in [-0.1, -0.05) is 36.4 Å². The lowest BCUT2D eigenvalue weighted by molar-refractivity contribution is 0.322. The predicted octanol–water partition coefficient (Wildman–Crippen LogP) is 2.72. The summed E-state index contributed by atoms with van der Waals surface area (Å²) in [5, 5.41) is 3.38. The van der Waals surface area contributed by atoms with Gasteiger partial charge < -0.3 is 15.0 Å². The van der Waals surface area contributed by atoms with Crippen LogP contribution in [0.4, 0.5) is 5.69 Å². The van der Waals surface area contributed by atoms with Gasteiger partial charge in [-0.3, -0.25) is 0 Å². The fourth-order valence-corrected chi connectivity index (χ4v) is 2.62. The molecule has 2 aromatic rings. The molecule has 0 aliphatic carbocycles. The molecule has 1 aliphatic rings. The van der Waals surface area contributed by atoms with Crippen LogP contribution in [0.2, 0.25) is 0 Å². The SMILES string of the molecule is c1ccc(CCOc2cccc(N3CCNCC3)c2)cc1. The lowest BCUT2D eigenvalue weighted by atomic mass is 10.2. The Kier molecular flexibility index (Phi) is 4.74. The molecule has 0 amide bonds. The maximum atomic E-state index is 5.90. The van der Waals surface area contributed by atoms with Crippen LogP contribution >= 0.6 is 0 Å². The first kappa shape index (κ1) is 14.0. The Morgan fingerprint density at radius 1 is 0.952 bits per heavy atom. The van der Waals surface area contributed by atoms with E-state index in [-0.39, 0.29) is 0 Å². The quantitative estimate of drug-likeness (QED) is 0.912. The van der Waals surface area contributed by atoms with Crippen molar-refractivity contribution in [1.82, 2.24) is 5.32 Å². The molecule has 0 bridgehead atoms. The Labute approximate surface area is 126 Å². The van der Waals surface area contributed by atoms with Crippen molar-refractivity contribution in [2.24, 2.45) is 0 Å². The maximum Gasteiger partial charge on any atom is 0.121 e. The highest BCUT2D eigenvalue weighted by atomic mass is 16.5. The molecule has 21 heavy (non-hydrogen) atoms. The molecule has 3 rings (SSSR count). The first-order chi connectivity index (χ1) is 10.4. The van der Waals surface area contributed by atoms with Crippen LogP contribution in [-0.4, -0.2) is 32.8 Å². The van der Waals surface area contributed by atoms with Gasteiger partial charge in [0.1, 0.15) is 5.75 Å². The molecule has 1 fully saturated rings. The van der Waals surface area contributed by atoms with E-state index in [0.29, 0.717) is 0 Å². The summed E-state index contributed by atoms with van der Waals surface area (Å²) < 4.78 is 5.90. The fraction of sp³-hybridized carbons (Fsp3) is 0.333. The van der Waals surface area contributed by atoms with Crippen molar-refractivity contribution in [3.63, 3.8) is 0 Å². The summed E-state index contributed by atoms with van der Waals surface area (Å²) in [7, 11) is 0. The molecule has 110 valence electrons. The van der Waals surface area contributed by atoms with Gasteiger partial charge in [-0.25, -0.2) is 0 Å². The van der Waals surface area contributed by atoms with E-state index in [2.05, 4.69) is 52.7 Å². The van der Waals surface area contributed by atoms with Gasteiger partial charge in [0.05, 0.1) is 6.61 Å². The van der Waals surface area contributed by atoms with Crippen LogP contribution in [0.1, 0.15) is 5.56 Å². The second kappa shape index (κ2) is 7.14. The Bertz CT molecular complexity index is 550. The monoisotopic (exact) mass is 282 g/mol. The van der Waals surface area contributed by atoms with Gasteiger partial charge in [0.25, 0.3) is 0 Å². The number of piperazine rings is 1. The van der Waals surface area contributed by atoms with Crippen molar-refractivity contribution < 1.29 is 4.74 Å². The van der Waals surface area contributed by atoms with Gasteiger partial charge >= 0.3 is 0 Å². The van der Waals surface area contributed by atoms with Crippen LogP contribution in [0.15, 0.2) is 54.6 Å². The minimum Gasteiger partial charge on any atom is -0.493 e. The van der Waals surface area contributed by atoms with Crippen molar-refractivity contribution in [3.05, 3.63) is 60.2 Å². The van der Waals surface area contributed by atoms with Crippen LogP contribution in [0.25, 0.3) is 0 Å². The van der Waals surface area contributed by atoms with Gasteiger partial charge in [-0.15, -0.1) is 0 Å². The van der Waals surface area contributed by atoms with Crippen LogP contribution < -0.4 is 15.0 Å². The molecule has 0 spiro atoms. The molecule has 1 saturated heterocycles. The summed E-state index contributed by atoms with van der Waals surface area (Å²) in [5.74, 6) is 0.960. The molecule has 0 radical (unpaired) electrons. The van der Waals surface area contributed by atoms with E-state index < -0.39 is 0 Å². The zero-order chi connectivity index (χ0) is 14.3. The lowest BCUT2D eigenvalue weighted by Crippen LogP contribution is -2.43. The average molecular weight is 282 g/mol. The second-order valence-corrected chi connectivity index (χ2v) is 5.32. The van der Waals surface area contributed by atoms with E-state index in [9.17, 15) is 0 Å². The van der Waals surface area contributed by atoms with Crippen LogP contribution in [0.5, 0.6) is 5.75 Å². The summed E-state index contributed by atoms with van der Waals surface area (Å²) in [6, 6.07) is 18.9. The predicted molar refractivity (Wildman–Crippen MR) is 87.2 cm³/mol. The van der Waals surface area contributed by atoms with Crippen molar-refractivity contribution in [1.29, 1.82) is 0 Å². The molecular weight excluding hydrogens is 260 g/mol. The average Bonchev–Trinajstić information content (AvgIpc) is 2.57. The molecule has 1 heterocycles. The molecule has 3 heteroatoms. The van der Waals surface area contributed by atoms with Crippen molar-refractivity contribution >= 4 is 5.69 Å². The highest BCUT2D eigenvalue weighted by Crippen LogP contribution is 2.21. The minimum atomic E-state index is 0.717. The number of hydrogen-bond acceptors (Lipinski definition) is 3. The van der Waals surface area contributed by atoms with Gasteiger partial charge in [-0.2, -0.15) is 0 Å². The Hall–Kier alpha value is -2.00. The molecule has 1 aliphatic heterocycles. The molecule has 3 nitrogen and oxygen atoms in total. The number of ether oxygens (including phenoxy) is 1. The number of anilines is 1. The van der Waals surface area contributed by atoms with Gasteiger partial charge in [0.2, 0.25) is 0 Å². The first-order valence-electron chi connectivity index (χ1n) is 7.64. The van der Waals surface area contributed by atoms with E-state index in [1.807, 2.05) is 12.1 Å². The molecule has 2 aromatic carbocycles. The Balaban J connectivity index is 1.55. The first-order valence-corrected chi connectivity index (χ1v) is 7.64. The summed E-state index contributed by atoms with van der Waals surface area (Å²) in [6.45, 7) is 4.95. The number of nitrogens with one attached hydrogen (secondary N) is 1. The number of hydrogen-bond donors (Lipinski definition) is 1. The number of nitrogens with zero attached hydrogens (tertiary/aromatic N) is 1. The van der Waals surface area contributed by atoms with E-state index >= 15 is 0 Å². The van der Waals surface area contributed by atoms with Crippen LogP contribution in [-0.2, 0) is 6.42 Å². The second-order valence-electron chi connectivity index (χ2n) is 5.32. The van der Waals surface area contributed by atoms with Gasteiger partial charge in [0.15, 0.2) is 0 Å². The molecular formula is C18H22N2O. The standard InChI is InChI=1S/C18H22N2O/c1-2-5-16(6-3-1)9-14-21-18-8-4-7-17(15-18)20-12-10-19-11-13-20/h1-8,15,19H,9-14H2. The van der Waals surface area contributed by atoms with E-state index in [1.54, 1.807) is 0 Å². The van der Waals surface area contributed by atoms with Crippen LogP contribution in [0, 0.1) is 0 Å². The van der Waals surface area contributed by atoms with E-state index in [0.717, 1.165) is 45.0 Å². The van der Waals surface area contributed by atoms with Crippen molar-refractivity contribution in [2.45, 2.75) is 6.42 Å². The number of benzene rings is 2. The maximum absolute atomic E-state index is 5.90. The highest BCUT2D eigenvalue weighted by molar-refractivity contribution is 5.51. The summed E-state index contributed by atoms with van der Waals surface area (Å²) >= 11 is 0. The van der Waals surface area contributed by atoms with Gasteiger partial charge in [-0.05, 0) is 17.7 Å². The molecule has 0 atom stereocenters. The van der Waals surface area contributed by atoms with E-state index in [1.165, 1.54) is 11.3 Å². The summed E-state index contributed by atoms with van der Waals surface area (Å²) in [4.78, 5) is 2.40. The highest BCUT2D eigenvalue weighted by Gasteiger charge is 2.10. The molecule has 0 unspecified atom stereocenters. The zero-order valence-corrected chi connectivity index (χ0v) is 12.3. The summed E-state index contributed by atoms with van der Waals surface area (Å²) in [5.41, 5.74) is 2.57. The smallest absolute Gasteiger partial charge is 0.121 e. The van der Waals surface area contributed by atoms with Gasteiger partial charge in [0, 0.05) is 44.4 Å². The third-order valence-corrected chi connectivity index (χ3v) is 3.80. The zero-order valence-electron chi connectivity index (χ0n) is 12.3. The third-order valence-electron chi connectivity index (χ3n) is 3.80. The van der Waals surface area contributed by atoms with E-state index in [4.69, 9.17) is 4.74 Å². The summed E-state index contributed by atoms with van der Waals surface area (Å²) in [6.07, 6.45) is 0.943. The molecule has 1 N–H and O–H groups in total. The van der Waals surface area contributed by atoms with Crippen LogP contribution in [0.3, 0.4) is 0 Å². The lowest BCUT2D eigenvalue weighted by Gasteiger charge is -2.29. The normalized spacial score (nSPS) is 15.0. The Morgan fingerprint density at radius 3 is 2.57 bits per heavy atom. The topological polar surface area (TPSA) is 24.5 Å². The molecule has 0 aromatic heterocycles. The fourth-order valence-electron chi connectivity index (χ4n) is 2.62. The number of rotatable bonds is 5.